The normalized spacial score (nSPS) is 20.6. The molecule has 0 spiro atoms. The Morgan fingerprint density at radius 1 is 1.57 bits per heavy atom. The molecule has 6 heteroatoms. The zero-order valence-electron chi connectivity index (χ0n) is 13.4. The molecule has 2 N–H and O–H groups in total. The van der Waals surface area contributed by atoms with Gasteiger partial charge < -0.3 is 15.4 Å². The molecule has 1 saturated heterocycles. The van der Waals surface area contributed by atoms with Crippen molar-refractivity contribution in [2.75, 3.05) is 13.1 Å². The molecule has 2 atom stereocenters. The molecule has 0 radical (unpaired) electrons. The Kier molecular flexibility index (Phi) is 4.56. The van der Waals surface area contributed by atoms with E-state index in [0.29, 0.717) is 12.5 Å². The highest BCUT2D eigenvalue weighted by atomic mass is 16.6. The van der Waals surface area contributed by atoms with E-state index in [1.54, 1.807) is 9.58 Å². The van der Waals surface area contributed by atoms with Crippen LogP contribution in [-0.4, -0.2) is 45.5 Å². The minimum Gasteiger partial charge on any atom is -0.444 e. The van der Waals surface area contributed by atoms with Crippen LogP contribution in [0.3, 0.4) is 0 Å². The summed E-state index contributed by atoms with van der Waals surface area (Å²) in [5.41, 5.74) is 6.83. The zero-order chi connectivity index (χ0) is 15.6. The molecule has 0 aromatic carbocycles. The van der Waals surface area contributed by atoms with Gasteiger partial charge in [0.1, 0.15) is 5.60 Å². The molecule has 1 aromatic rings. The highest BCUT2D eigenvalue weighted by molar-refractivity contribution is 5.68. The maximum absolute atomic E-state index is 12.0. The van der Waals surface area contributed by atoms with E-state index in [-0.39, 0.29) is 12.1 Å². The van der Waals surface area contributed by atoms with E-state index in [2.05, 4.69) is 5.10 Å². The van der Waals surface area contributed by atoms with E-state index in [0.717, 1.165) is 25.1 Å². The lowest BCUT2D eigenvalue weighted by Gasteiger charge is -2.25. The third-order valence-electron chi connectivity index (χ3n) is 3.70. The Morgan fingerprint density at radius 3 is 2.86 bits per heavy atom. The molecule has 0 aliphatic carbocycles. The number of hydrogen-bond donors (Lipinski definition) is 1. The van der Waals surface area contributed by atoms with Crippen LogP contribution in [0.2, 0.25) is 0 Å². The van der Waals surface area contributed by atoms with E-state index < -0.39 is 5.60 Å². The van der Waals surface area contributed by atoms with Crippen molar-refractivity contribution in [3.05, 3.63) is 18.0 Å². The summed E-state index contributed by atoms with van der Waals surface area (Å²) < 4.78 is 7.18. The first-order chi connectivity index (χ1) is 9.74. The third kappa shape index (κ3) is 4.46. The second-order valence-electron chi connectivity index (χ2n) is 6.82. The fraction of sp³-hybridized carbons (Fsp3) is 0.733. The molecule has 2 unspecified atom stereocenters. The molecule has 6 nitrogen and oxygen atoms in total. The van der Waals surface area contributed by atoms with E-state index in [4.69, 9.17) is 10.5 Å². The number of ether oxygens (including phenoxy) is 1. The standard InChI is InChI=1S/C15H26N4O2/c1-15(2,3)21-14(20)19-8-5-11(10-19)13(16)9-12-6-7-18(4)17-12/h6-7,11,13H,5,8-10,16H2,1-4H3. The van der Waals surface area contributed by atoms with Gasteiger partial charge in [0, 0.05) is 38.8 Å². The van der Waals surface area contributed by atoms with Crippen molar-refractivity contribution < 1.29 is 9.53 Å². The Balaban J connectivity index is 1.85. The minimum atomic E-state index is -0.453. The number of likely N-dealkylation sites (tertiary alicyclic amines) is 1. The van der Waals surface area contributed by atoms with Crippen LogP contribution in [0.4, 0.5) is 4.79 Å². The average Bonchev–Trinajstić information content (AvgIpc) is 2.96. The number of hydrogen-bond acceptors (Lipinski definition) is 4. The monoisotopic (exact) mass is 294 g/mol. The molecular formula is C15H26N4O2. The van der Waals surface area contributed by atoms with Crippen LogP contribution in [0, 0.1) is 5.92 Å². The molecule has 2 heterocycles. The van der Waals surface area contributed by atoms with Crippen molar-refractivity contribution in [2.45, 2.75) is 45.3 Å². The van der Waals surface area contributed by atoms with Gasteiger partial charge in [0.15, 0.2) is 0 Å². The molecular weight excluding hydrogens is 268 g/mol. The molecule has 0 bridgehead atoms. The fourth-order valence-electron chi connectivity index (χ4n) is 2.61. The van der Waals surface area contributed by atoms with Crippen LogP contribution in [0.1, 0.15) is 32.9 Å². The fourth-order valence-corrected chi connectivity index (χ4v) is 2.61. The third-order valence-corrected chi connectivity index (χ3v) is 3.70. The van der Waals surface area contributed by atoms with Crippen LogP contribution in [0.25, 0.3) is 0 Å². The second kappa shape index (κ2) is 6.05. The Labute approximate surface area is 126 Å². The van der Waals surface area contributed by atoms with Gasteiger partial charge >= 0.3 is 6.09 Å². The van der Waals surface area contributed by atoms with Gasteiger partial charge in [-0.2, -0.15) is 5.10 Å². The highest BCUT2D eigenvalue weighted by Gasteiger charge is 2.32. The van der Waals surface area contributed by atoms with Gasteiger partial charge in [-0.3, -0.25) is 4.68 Å². The quantitative estimate of drug-likeness (QED) is 0.918. The van der Waals surface area contributed by atoms with Crippen molar-refractivity contribution in [1.29, 1.82) is 0 Å². The maximum atomic E-state index is 12.0. The van der Waals surface area contributed by atoms with Gasteiger partial charge in [-0.25, -0.2) is 4.79 Å². The number of amides is 1. The number of aryl methyl sites for hydroxylation is 1. The Bertz CT molecular complexity index is 492. The van der Waals surface area contributed by atoms with Crippen molar-refractivity contribution in [2.24, 2.45) is 18.7 Å². The summed E-state index contributed by atoms with van der Waals surface area (Å²) in [5, 5.41) is 4.36. The first-order valence-electron chi connectivity index (χ1n) is 7.46. The number of aromatic nitrogens is 2. The van der Waals surface area contributed by atoms with Crippen molar-refractivity contribution >= 4 is 6.09 Å². The van der Waals surface area contributed by atoms with Gasteiger partial charge in [-0.15, -0.1) is 0 Å². The van der Waals surface area contributed by atoms with Crippen LogP contribution in [0.5, 0.6) is 0 Å². The summed E-state index contributed by atoms with van der Waals surface area (Å²) in [7, 11) is 1.90. The molecule has 0 saturated carbocycles. The number of carbonyl (C=O) groups is 1. The summed E-state index contributed by atoms with van der Waals surface area (Å²) in [4.78, 5) is 13.8. The van der Waals surface area contributed by atoms with E-state index in [9.17, 15) is 4.79 Å². The lowest BCUT2D eigenvalue weighted by molar-refractivity contribution is 0.0286. The van der Waals surface area contributed by atoms with Crippen LogP contribution in [-0.2, 0) is 18.2 Å². The van der Waals surface area contributed by atoms with Gasteiger partial charge in [-0.1, -0.05) is 0 Å². The van der Waals surface area contributed by atoms with Gasteiger partial charge in [-0.05, 0) is 39.2 Å². The largest absolute Gasteiger partial charge is 0.444 e. The molecule has 1 aliphatic heterocycles. The molecule has 1 fully saturated rings. The molecule has 1 aromatic heterocycles. The van der Waals surface area contributed by atoms with Gasteiger partial charge in [0.25, 0.3) is 0 Å². The first-order valence-corrected chi connectivity index (χ1v) is 7.46. The highest BCUT2D eigenvalue weighted by Crippen LogP contribution is 2.22. The lowest BCUT2D eigenvalue weighted by Crippen LogP contribution is -2.38. The van der Waals surface area contributed by atoms with Crippen molar-refractivity contribution in [3.8, 4) is 0 Å². The summed E-state index contributed by atoms with van der Waals surface area (Å²) >= 11 is 0. The maximum Gasteiger partial charge on any atom is 0.410 e. The summed E-state index contributed by atoms with van der Waals surface area (Å²) in [5.74, 6) is 0.305. The van der Waals surface area contributed by atoms with Gasteiger partial charge in [0.05, 0.1) is 5.69 Å². The van der Waals surface area contributed by atoms with Crippen LogP contribution < -0.4 is 5.73 Å². The SMILES string of the molecule is Cn1ccc(CC(N)C2CCN(C(=O)OC(C)(C)C)C2)n1. The predicted octanol–water partition coefficient (Wildman–Crippen LogP) is 1.55. The molecule has 1 aliphatic rings. The lowest BCUT2D eigenvalue weighted by atomic mass is 9.96. The molecule has 21 heavy (non-hydrogen) atoms. The van der Waals surface area contributed by atoms with E-state index in [1.165, 1.54) is 0 Å². The van der Waals surface area contributed by atoms with Crippen molar-refractivity contribution in [3.63, 3.8) is 0 Å². The smallest absolute Gasteiger partial charge is 0.410 e. The topological polar surface area (TPSA) is 73.4 Å². The number of carbonyl (C=O) groups excluding carboxylic acids is 1. The zero-order valence-corrected chi connectivity index (χ0v) is 13.4. The molecule has 2 rings (SSSR count). The van der Waals surface area contributed by atoms with Crippen LogP contribution in [0.15, 0.2) is 12.3 Å². The predicted molar refractivity (Wildman–Crippen MR) is 80.8 cm³/mol. The number of nitrogens with two attached hydrogens (primary N) is 1. The Hall–Kier alpha value is -1.56. The molecule has 1 amide bonds. The number of nitrogens with zero attached hydrogens (tertiary/aromatic N) is 3. The second-order valence-corrected chi connectivity index (χ2v) is 6.82. The first kappa shape index (κ1) is 15.8. The minimum absolute atomic E-state index is 0.0207. The number of rotatable bonds is 3. The summed E-state index contributed by atoms with van der Waals surface area (Å²) in [6.07, 6.45) is 3.35. The average molecular weight is 294 g/mol. The van der Waals surface area contributed by atoms with E-state index in [1.807, 2.05) is 40.1 Å². The Morgan fingerprint density at radius 2 is 2.29 bits per heavy atom. The van der Waals surface area contributed by atoms with Gasteiger partial charge in [0.2, 0.25) is 0 Å². The summed E-state index contributed by atoms with van der Waals surface area (Å²) in [6, 6.07) is 2.01. The van der Waals surface area contributed by atoms with E-state index >= 15 is 0 Å². The van der Waals surface area contributed by atoms with Crippen LogP contribution >= 0.6 is 0 Å². The summed E-state index contributed by atoms with van der Waals surface area (Å²) in [6.45, 7) is 7.03. The molecule has 118 valence electrons. The van der Waals surface area contributed by atoms with Crippen molar-refractivity contribution in [1.82, 2.24) is 14.7 Å².